The minimum Gasteiger partial charge on any atom is -0.489 e. The molecular formula is C24H27N5O4S. The third kappa shape index (κ3) is 5.52. The number of aromatic nitrogens is 3. The zero-order chi connectivity index (χ0) is 23.9. The molecule has 1 saturated heterocycles. The molecule has 0 saturated carbocycles. The van der Waals surface area contributed by atoms with E-state index in [1.54, 1.807) is 28.3 Å². The Labute approximate surface area is 202 Å². The van der Waals surface area contributed by atoms with E-state index in [1.807, 2.05) is 41.8 Å². The van der Waals surface area contributed by atoms with Gasteiger partial charge in [0.05, 0.1) is 31.9 Å². The number of methoxy groups -OCH3 is 1. The lowest BCUT2D eigenvalue weighted by Crippen LogP contribution is -2.42. The van der Waals surface area contributed by atoms with Crippen molar-refractivity contribution in [1.29, 1.82) is 0 Å². The predicted molar refractivity (Wildman–Crippen MR) is 128 cm³/mol. The zero-order valence-electron chi connectivity index (χ0n) is 18.9. The third-order valence-corrected chi connectivity index (χ3v) is 6.56. The van der Waals surface area contributed by atoms with Crippen molar-refractivity contribution >= 4 is 23.2 Å². The van der Waals surface area contributed by atoms with Crippen LogP contribution in [0.1, 0.15) is 33.4 Å². The van der Waals surface area contributed by atoms with Crippen LogP contribution in [0.25, 0.3) is 0 Å². The predicted octanol–water partition coefficient (Wildman–Crippen LogP) is 2.82. The Balaban J connectivity index is 1.53. The first-order valence-corrected chi connectivity index (χ1v) is 11.8. The average Bonchev–Trinajstić information content (AvgIpc) is 3.62. The molecule has 4 rings (SSSR count). The van der Waals surface area contributed by atoms with E-state index in [1.165, 1.54) is 7.11 Å². The van der Waals surface area contributed by atoms with Crippen LogP contribution >= 0.6 is 11.3 Å². The van der Waals surface area contributed by atoms with Gasteiger partial charge in [-0.2, -0.15) is 0 Å². The number of hydrogen-bond acceptors (Lipinski definition) is 8. The van der Waals surface area contributed by atoms with Gasteiger partial charge < -0.3 is 14.8 Å². The lowest BCUT2D eigenvalue weighted by Gasteiger charge is -2.24. The molecule has 2 atom stereocenters. The van der Waals surface area contributed by atoms with Crippen molar-refractivity contribution < 1.29 is 19.1 Å². The SMILES string of the molecule is C=CCOc1ccccc1CN1C[C@H](n2cc(C(=O)OC)nn2)C[C@H]1C(=O)NCc1cccs1. The number of benzene rings is 1. The molecule has 178 valence electrons. The Morgan fingerprint density at radius 3 is 2.91 bits per heavy atom. The summed E-state index contributed by atoms with van der Waals surface area (Å²) in [4.78, 5) is 28.2. The van der Waals surface area contributed by atoms with Gasteiger partial charge in [-0.3, -0.25) is 9.69 Å². The molecule has 2 aromatic heterocycles. The first kappa shape index (κ1) is 23.7. The normalized spacial score (nSPS) is 17.9. The minimum atomic E-state index is -0.542. The van der Waals surface area contributed by atoms with E-state index < -0.39 is 5.97 Å². The maximum absolute atomic E-state index is 13.2. The molecule has 3 heterocycles. The largest absolute Gasteiger partial charge is 0.489 e. The monoisotopic (exact) mass is 481 g/mol. The number of amides is 1. The Morgan fingerprint density at radius 2 is 2.15 bits per heavy atom. The second-order valence-electron chi connectivity index (χ2n) is 7.91. The van der Waals surface area contributed by atoms with E-state index in [9.17, 15) is 9.59 Å². The van der Waals surface area contributed by atoms with Gasteiger partial charge in [-0.25, -0.2) is 9.48 Å². The van der Waals surface area contributed by atoms with Crippen molar-refractivity contribution in [2.45, 2.75) is 31.6 Å². The average molecular weight is 482 g/mol. The molecule has 0 aliphatic carbocycles. The number of carbonyl (C=O) groups is 2. The lowest BCUT2D eigenvalue weighted by atomic mass is 10.1. The standard InChI is InChI=1S/C24H27N5O4S/c1-3-10-33-22-9-5-4-7-17(22)14-28-15-18(29-16-20(26-27-29)24(31)32-2)12-21(28)23(30)25-13-19-8-6-11-34-19/h3-9,11,16,18,21H,1,10,12-15H2,2H3,(H,25,30)/t18-,21+/m1/s1. The summed E-state index contributed by atoms with van der Waals surface area (Å²) >= 11 is 1.61. The Hall–Kier alpha value is -3.50. The van der Waals surface area contributed by atoms with E-state index in [2.05, 4.69) is 27.1 Å². The van der Waals surface area contributed by atoms with Crippen LogP contribution in [0.15, 0.2) is 60.6 Å². The van der Waals surface area contributed by atoms with Gasteiger partial charge in [-0.15, -0.1) is 16.4 Å². The van der Waals surface area contributed by atoms with Gasteiger partial charge in [0.25, 0.3) is 0 Å². The Kier molecular flexibility index (Phi) is 7.71. The van der Waals surface area contributed by atoms with Crippen LogP contribution in [0.4, 0.5) is 0 Å². The maximum Gasteiger partial charge on any atom is 0.360 e. The summed E-state index contributed by atoms with van der Waals surface area (Å²) in [7, 11) is 1.30. The van der Waals surface area contributed by atoms with Crippen molar-refractivity contribution in [2.75, 3.05) is 20.3 Å². The van der Waals surface area contributed by atoms with E-state index >= 15 is 0 Å². The second kappa shape index (κ2) is 11.1. The van der Waals surface area contributed by atoms with Crippen LogP contribution in [-0.2, 0) is 22.6 Å². The molecule has 0 radical (unpaired) electrons. The number of rotatable bonds is 10. The summed E-state index contributed by atoms with van der Waals surface area (Å²) < 4.78 is 12.2. The molecule has 1 N–H and O–H groups in total. The number of carbonyl (C=O) groups excluding carboxylic acids is 2. The molecule has 10 heteroatoms. The van der Waals surface area contributed by atoms with E-state index in [0.29, 0.717) is 32.7 Å². The number of ether oxygens (including phenoxy) is 2. The van der Waals surface area contributed by atoms with Gasteiger partial charge in [0.2, 0.25) is 5.91 Å². The first-order valence-electron chi connectivity index (χ1n) is 10.9. The van der Waals surface area contributed by atoms with Gasteiger partial charge in [0, 0.05) is 23.5 Å². The minimum absolute atomic E-state index is 0.0475. The van der Waals surface area contributed by atoms with Gasteiger partial charge in [0.1, 0.15) is 12.4 Å². The summed E-state index contributed by atoms with van der Waals surface area (Å²) in [6.07, 6.45) is 3.81. The fourth-order valence-electron chi connectivity index (χ4n) is 4.02. The highest BCUT2D eigenvalue weighted by Crippen LogP contribution is 2.31. The molecule has 0 bridgehead atoms. The summed E-state index contributed by atoms with van der Waals surface area (Å²) in [6, 6.07) is 11.3. The van der Waals surface area contributed by atoms with Crippen LogP contribution in [0.5, 0.6) is 5.75 Å². The highest BCUT2D eigenvalue weighted by atomic mass is 32.1. The molecule has 1 aliphatic heterocycles. The number of hydrogen-bond donors (Lipinski definition) is 1. The quantitative estimate of drug-likeness (QED) is 0.351. The van der Waals surface area contributed by atoms with Gasteiger partial charge in [-0.05, 0) is 23.9 Å². The molecule has 1 fully saturated rings. The number of thiophene rings is 1. The van der Waals surface area contributed by atoms with E-state index in [4.69, 9.17) is 9.47 Å². The number of nitrogens with zero attached hydrogens (tertiary/aromatic N) is 4. The summed E-state index contributed by atoms with van der Waals surface area (Å²) in [6.45, 7) is 5.70. The van der Waals surface area contributed by atoms with Gasteiger partial charge >= 0.3 is 5.97 Å². The topological polar surface area (TPSA) is 98.6 Å². The summed E-state index contributed by atoms with van der Waals surface area (Å²) in [5.41, 5.74) is 1.12. The molecular weight excluding hydrogens is 454 g/mol. The van der Waals surface area contributed by atoms with Gasteiger partial charge in [-0.1, -0.05) is 42.1 Å². The molecule has 3 aromatic rings. The summed E-state index contributed by atoms with van der Waals surface area (Å²) in [5.74, 6) is 0.172. The van der Waals surface area contributed by atoms with Crippen LogP contribution in [0.3, 0.4) is 0 Å². The number of esters is 1. The second-order valence-corrected chi connectivity index (χ2v) is 8.95. The molecule has 34 heavy (non-hydrogen) atoms. The fourth-order valence-corrected chi connectivity index (χ4v) is 4.66. The van der Waals surface area contributed by atoms with Crippen LogP contribution in [0, 0.1) is 0 Å². The van der Waals surface area contributed by atoms with Crippen molar-refractivity contribution in [2.24, 2.45) is 0 Å². The van der Waals surface area contributed by atoms with Crippen molar-refractivity contribution in [3.05, 3.63) is 76.8 Å². The zero-order valence-corrected chi connectivity index (χ0v) is 19.7. The van der Waals surface area contributed by atoms with Crippen LogP contribution in [-0.4, -0.2) is 58.1 Å². The van der Waals surface area contributed by atoms with E-state index in [-0.39, 0.29) is 23.7 Å². The molecule has 0 unspecified atom stereocenters. The van der Waals surface area contributed by atoms with Crippen molar-refractivity contribution in [1.82, 2.24) is 25.2 Å². The summed E-state index contributed by atoms with van der Waals surface area (Å²) in [5, 5.41) is 13.1. The molecule has 0 spiro atoms. The fraction of sp³-hybridized carbons (Fsp3) is 0.333. The molecule has 9 nitrogen and oxygen atoms in total. The first-order chi connectivity index (χ1) is 16.6. The number of nitrogens with one attached hydrogen (secondary N) is 1. The third-order valence-electron chi connectivity index (χ3n) is 5.68. The molecule has 1 aliphatic rings. The smallest absolute Gasteiger partial charge is 0.360 e. The maximum atomic E-state index is 13.2. The Bertz CT molecular complexity index is 1130. The molecule has 1 amide bonds. The highest BCUT2D eigenvalue weighted by molar-refractivity contribution is 7.09. The molecule has 1 aromatic carbocycles. The van der Waals surface area contributed by atoms with Crippen molar-refractivity contribution in [3.63, 3.8) is 0 Å². The van der Waals surface area contributed by atoms with Gasteiger partial charge in [0.15, 0.2) is 5.69 Å². The van der Waals surface area contributed by atoms with Crippen molar-refractivity contribution in [3.8, 4) is 5.75 Å². The van der Waals surface area contributed by atoms with Crippen LogP contribution < -0.4 is 10.1 Å². The van der Waals surface area contributed by atoms with Crippen LogP contribution in [0.2, 0.25) is 0 Å². The van der Waals surface area contributed by atoms with E-state index in [0.717, 1.165) is 16.2 Å². The number of likely N-dealkylation sites (tertiary alicyclic amines) is 1. The lowest BCUT2D eigenvalue weighted by molar-refractivity contribution is -0.125. The number of para-hydroxylation sites is 1. The Morgan fingerprint density at radius 1 is 1.29 bits per heavy atom. The highest BCUT2D eigenvalue weighted by Gasteiger charge is 2.38.